The summed E-state index contributed by atoms with van der Waals surface area (Å²) in [7, 11) is 0. The van der Waals surface area contributed by atoms with Crippen molar-refractivity contribution in [1.82, 2.24) is 19.5 Å². The molecule has 4 atom stereocenters. The van der Waals surface area contributed by atoms with Gasteiger partial charge in [0.05, 0.1) is 12.9 Å². The van der Waals surface area contributed by atoms with Gasteiger partial charge < -0.3 is 25.4 Å². The van der Waals surface area contributed by atoms with Crippen LogP contribution in [0.5, 0.6) is 0 Å². The smallest absolute Gasteiger partial charge is 0.167 e. The Kier molecular flexibility index (Phi) is 4.44. The SMILES string of the molecule is OC[C@H]1O[C@@H](n2cnc3c(Nc4cccc5c4Cc4ccccc4-5)ncnc32)[C@H](O)[C@@H]1O. The maximum atomic E-state index is 10.4. The molecule has 1 saturated heterocycles. The van der Waals surface area contributed by atoms with Gasteiger partial charge in [-0.2, -0.15) is 0 Å². The molecule has 0 radical (unpaired) electrons. The normalized spacial score (nSPS) is 24.0. The molecule has 32 heavy (non-hydrogen) atoms. The molecule has 1 fully saturated rings. The van der Waals surface area contributed by atoms with Crippen molar-refractivity contribution in [2.45, 2.75) is 31.0 Å². The molecular weight excluding hydrogens is 410 g/mol. The van der Waals surface area contributed by atoms with Crippen molar-refractivity contribution in [2.75, 3.05) is 11.9 Å². The van der Waals surface area contributed by atoms with Gasteiger partial charge in [0, 0.05) is 12.1 Å². The number of nitrogens with zero attached hydrogens (tertiary/aromatic N) is 4. The highest BCUT2D eigenvalue weighted by Gasteiger charge is 2.44. The van der Waals surface area contributed by atoms with Gasteiger partial charge in [0.15, 0.2) is 23.2 Å². The lowest BCUT2D eigenvalue weighted by Gasteiger charge is -2.16. The fourth-order valence-corrected chi connectivity index (χ4v) is 4.64. The molecule has 0 amide bonds. The standard InChI is InChI=1S/C23H21N5O4/c29-9-17-19(30)20(31)23(32-17)28-11-26-18-21(24-10-25-22(18)28)27-16-7-3-6-14-13-5-2-1-4-12(13)8-15(14)16/h1-7,10-11,17,19-20,23,29-31H,8-9H2,(H,24,25,27)/t17-,19-,20-,23-/m1/s1. The van der Waals surface area contributed by atoms with Gasteiger partial charge in [0.25, 0.3) is 0 Å². The van der Waals surface area contributed by atoms with Crippen LogP contribution >= 0.6 is 0 Å². The highest BCUT2D eigenvalue weighted by atomic mass is 16.6. The third-order valence-electron chi connectivity index (χ3n) is 6.25. The Morgan fingerprint density at radius 1 is 1.00 bits per heavy atom. The monoisotopic (exact) mass is 431 g/mol. The number of aliphatic hydroxyl groups is 3. The summed E-state index contributed by atoms with van der Waals surface area (Å²) in [5.41, 5.74) is 6.84. The van der Waals surface area contributed by atoms with E-state index in [0.717, 1.165) is 12.1 Å². The molecule has 2 aromatic heterocycles. The van der Waals surface area contributed by atoms with Crippen LogP contribution in [0.15, 0.2) is 55.1 Å². The van der Waals surface area contributed by atoms with Crippen LogP contribution in [0.2, 0.25) is 0 Å². The van der Waals surface area contributed by atoms with E-state index >= 15 is 0 Å². The van der Waals surface area contributed by atoms with Crippen molar-refractivity contribution in [1.29, 1.82) is 0 Å². The lowest BCUT2D eigenvalue weighted by molar-refractivity contribution is -0.0511. The molecule has 9 heteroatoms. The summed E-state index contributed by atoms with van der Waals surface area (Å²) < 4.78 is 7.19. The molecule has 162 valence electrons. The fraction of sp³-hybridized carbons (Fsp3) is 0.261. The number of aliphatic hydroxyl groups excluding tert-OH is 3. The van der Waals surface area contributed by atoms with Gasteiger partial charge in [-0.15, -0.1) is 0 Å². The van der Waals surface area contributed by atoms with Gasteiger partial charge >= 0.3 is 0 Å². The molecule has 4 aromatic rings. The summed E-state index contributed by atoms with van der Waals surface area (Å²) in [5.74, 6) is 0.532. The maximum Gasteiger partial charge on any atom is 0.167 e. The Morgan fingerprint density at radius 2 is 1.84 bits per heavy atom. The van der Waals surface area contributed by atoms with Crippen LogP contribution in [0.4, 0.5) is 11.5 Å². The van der Waals surface area contributed by atoms with Crippen molar-refractivity contribution in [3.05, 3.63) is 66.2 Å². The number of hydrogen-bond acceptors (Lipinski definition) is 8. The number of ether oxygens (including phenoxy) is 1. The van der Waals surface area contributed by atoms with E-state index in [-0.39, 0.29) is 0 Å². The van der Waals surface area contributed by atoms with Gasteiger partial charge in [-0.3, -0.25) is 4.57 Å². The van der Waals surface area contributed by atoms with Crippen molar-refractivity contribution < 1.29 is 20.1 Å². The van der Waals surface area contributed by atoms with E-state index in [1.54, 1.807) is 4.57 Å². The molecule has 2 aromatic carbocycles. The maximum absolute atomic E-state index is 10.4. The van der Waals surface area contributed by atoms with Gasteiger partial charge in [-0.05, 0) is 28.3 Å². The van der Waals surface area contributed by atoms with Crippen LogP contribution in [-0.2, 0) is 11.2 Å². The minimum Gasteiger partial charge on any atom is -0.394 e. The van der Waals surface area contributed by atoms with E-state index in [2.05, 4.69) is 44.5 Å². The van der Waals surface area contributed by atoms with E-state index in [1.807, 2.05) is 18.2 Å². The largest absolute Gasteiger partial charge is 0.394 e. The average molecular weight is 431 g/mol. The fourth-order valence-electron chi connectivity index (χ4n) is 4.64. The molecule has 2 aliphatic rings. The predicted molar refractivity (Wildman–Crippen MR) is 116 cm³/mol. The third kappa shape index (κ3) is 2.83. The lowest BCUT2D eigenvalue weighted by Crippen LogP contribution is -2.33. The van der Waals surface area contributed by atoms with E-state index in [9.17, 15) is 15.3 Å². The topological polar surface area (TPSA) is 126 Å². The third-order valence-corrected chi connectivity index (χ3v) is 6.25. The minimum absolute atomic E-state index is 0.398. The molecule has 9 nitrogen and oxygen atoms in total. The van der Waals surface area contributed by atoms with Crippen molar-refractivity contribution in [3.8, 4) is 11.1 Å². The van der Waals surface area contributed by atoms with Gasteiger partial charge in [0.2, 0.25) is 0 Å². The van der Waals surface area contributed by atoms with E-state index < -0.39 is 31.1 Å². The van der Waals surface area contributed by atoms with Crippen LogP contribution in [0, 0.1) is 0 Å². The van der Waals surface area contributed by atoms with Gasteiger partial charge in [0.1, 0.15) is 24.6 Å². The Hall–Kier alpha value is -3.37. The summed E-state index contributed by atoms with van der Waals surface area (Å²) in [6, 6.07) is 14.5. The number of fused-ring (bicyclic) bond motifs is 4. The molecule has 3 heterocycles. The van der Waals surface area contributed by atoms with Crippen molar-refractivity contribution >= 4 is 22.7 Å². The van der Waals surface area contributed by atoms with Crippen molar-refractivity contribution in [3.63, 3.8) is 0 Å². The van der Waals surface area contributed by atoms with E-state index in [1.165, 1.54) is 34.9 Å². The first-order chi connectivity index (χ1) is 15.7. The number of anilines is 2. The summed E-state index contributed by atoms with van der Waals surface area (Å²) in [4.78, 5) is 13.2. The molecule has 0 unspecified atom stereocenters. The Bertz CT molecular complexity index is 1320. The predicted octanol–water partition coefficient (Wildman–Crippen LogP) is 1.75. The summed E-state index contributed by atoms with van der Waals surface area (Å²) in [5, 5.41) is 33.3. The zero-order valence-corrected chi connectivity index (χ0v) is 17.0. The average Bonchev–Trinajstić information content (AvgIpc) is 3.49. The number of imidazole rings is 1. The number of rotatable bonds is 4. The van der Waals surface area contributed by atoms with Crippen LogP contribution < -0.4 is 5.32 Å². The minimum atomic E-state index is -1.22. The van der Waals surface area contributed by atoms with E-state index in [0.29, 0.717) is 17.0 Å². The molecule has 6 rings (SSSR count). The number of nitrogens with one attached hydrogen (secondary N) is 1. The van der Waals surface area contributed by atoms with Crippen molar-refractivity contribution in [2.24, 2.45) is 0 Å². The van der Waals surface area contributed by atoms with Crippen LogP contribution in [0.3, 0.4) is 0 Å². The molecule has 0 bridgehead atoms. The molecule has 0 saturated carbocycles. The summed E-state index contributed by atoms with van der Waals surface area (Å²) >= 11 is 0. The van der Waals surface area contributed by atoms with Crippen LogP contribution in [-0.4, -0.2) is 59.8 Å². The van der Waals surface area contributed by atoms with E-state index in [4.69, 9.17) is 4.74 Å². The zero-order valence-electron chi connectivity index (χ0n) is 17.0. The first-order valence-electron chi connectivity index (χ1n) is 10.4. The Balaban J connectivity index is 1.37. The molecule has 4 N–H and O–H groups in total. The second kappa shape index (κ2) is 7.35. The Morgan fingerprint density at radius 3 is 2.69 bits per heavy atom. The first kappa shape index (κ1) is 19.3. The van der Waals surface area contributed by atoms with Crippen LogP contribution in [0.25, 0.3) is 22.3 Å². The zero-order chi connectivity index (χ0) is 21.8. The molecule has 1 aliphatic carbocycles. The number of aromatic nitrogens is 4. The lowest BCUT2D eigenvalue weighted by atomic mass is 10.1. The van der Waals surface area contributed by atoms with Gasteiger partial charge in [-0.25, -0.2) is 15.0 Å². The molecule has 0 spiro atoms. The number of benzene rings is 2. The first-order valence-corrected chi connectivity index (χ1v) is 10.4. The number of hydrogen-bond donors (Lipinski definition) is 4. The molecule has 1 aliphatic heterocycles. The summed E-state index contributed by atoms with van der Waals surface area (Å²) in [6.45, 7) is -0.398. The highest BCUT2D eigenvalue weighted by Crippen LogP contribution is 2.41. The quantitative estimate of drug-likeness (QED) is 0.339. The highest BCUT2D eigenvalue weighted by molar-refractivity contribution is 5.88. The Labute approximate surface area is 183 Å². The van der Waals surface area contributed by atoms with Crippen LogP contribution in [0.1, 0.15) is 17.4 Å². The van der Waals surface area contributed by atoms with Gasteiger partial charge in [-0.1, -0.05) is 36.4 Å². The molecular formula is C23H21N5O4. The summed E-state index contributed by atoms with van der Waals surface area (Å²) in [6.07, 6.45) is -0.453. The second-order valence-electron chi connectivity index (χ2n) is 8.07. The second-order valence-corrected chi connectivity index (χ2v) is 8.07.